The molecule has 1 aromatic heterocycles. The monoisotopic (exact) mass is 479 g/mol. The molecule has 0 radical (unpaired) electrons. The van der Waals surface area contributed by atoms with Crippen molar-refractivity contribution in [1.29, 1.82) is 0 Å². The average Bonchev–Trinajstić information content (AvgIpc) is 3.55. The van der Waals surface area contributed by atoms with Gasteiger partial charge in [0, 0.05) is 11.4 Å². The maximum Gasteiger partial charge on any atom is 0.273 e. The smallest absolute Gasteiger partial charge is 0.273 e. The molecule has 3 aromatic rings. The van der Waals surface area contributed by atoms with Crippen molar-refractivity contribution in [2.75, 3.05) is 6.54 Å². The van der Waals surface area contributed by atoms with E-state index in [9.17, 15) is 18.8 Å². The Balaban J connectivity index is 1.52. The molecule has 0 aliphatic heterocycles. The summed E-state index contributed by atoms with van der Waals surface area (Å²) in [6, 6.07) is 12.7. The molecule has 0 unspecified atom stereocenters. The van der Waals surface area contributed by atoms with Crippen molar-refractivity contribution in [2.45, 2.75) is 52.2 Å². The van der Waals surface area contributed by atoms with Gasteiger partial charge in [-0.3, -0.25) is 19.1 Å². The standard InChI is InChI=1S/C26H30FN5O3/c1-26(2,3)23(25(35)28-14-21(33)29-18-12-13-18)30-24(34)22-19-6-4-5-7-20(19)32(31-22)15-16-8-10-17(27)11-9-16/h4-11,18,23H,12-15H2,1-3H3,(H,28,35)(H,29,33)(H,30,34)/t23-/m1/s1. The van der Waals surface area contributed by atoms with E-state index < -0.39 is 23.3 Å². The van der Waals surface area contributed by atoms with E-state index in [0.29, 0.717) is 11.9 Å². The molecule has 1 aliphatic carbocycles. The summed E-state index contributed by atoms with van der Waals surface area (Å²) >= 11 is 0. The number of hydrogen-bond acceptors (Lipinski definition) is 4. The maximum absolute atomic E-state index is 13.3. The van der Waals surface area contributed by atoms with E-state index in [2.05, 4.69) is 21.0 Å². The summed E-state index contributed by atoms with van der Waals surface area (Å²) in [5.74, 6) is -1.50. The zero-order valence-corrected chi connectivity index (χ0v) is 20.1. The third-order valence-corrected chi connectivity index (χ3v) is 5.89. The highest BCUT2D eigenvalue weighted by molar-refractivity contribution is 6.06. The minimum absolute atomic E-state index is 0.146. The highest BCUT2D eigenvalue weighted by atomic mass is 19.1. The van der Waals surface area contributed by atoms with Crippen LogP contribution in [0.3, 0.4) is 0 Å². The van der Waals surface area contributed by atoms with Crippen LogP contribution >= 0.6 is 0 Å². The summed E-state index contributed by atoms with van der Waals surface area (Å²) in [5, 5.41) is 13.5. The van der Waals surface area contributed by atoms with Gasteiger partial charge in [0.2, 0.25) is 11.8 Å². The third-order valence-electron chi connectivity index (χ3n) is 5.89. The van der Waals surface area contributed by atoms with Crippen LogP contribution in [0.5, 0.6) is 0 Å². The van der Waals surface area contributed by atoms with Gasteiger partial charge >= 0.3 is 0 Å². The first-order valence-corrected chi connectivity index (χ1v) is 11.7. The van der Waals surface area contributed by atoms with E-state index in [0.717, 1.165) is 23.9 Å². The number of aromatic nitrogens is 2. The van der Waals surface area contributed by atoms with Gasteiger partial charge in [0.15, 0.2) is 5.69 Å². The molecule has 9 heteroatoms. The number of halogens is 1. The summed E-state index contributed by atoms with van der Waals surface area (Å²) < 4.78 is 15.0. The van der Waals surface area contributed by atoms with Crippen LogP contribution in [0.4, 0.5) is 4.39 Å². The van der Waals surface area contributed by atoms with Crippen molar-refractivity contribution < 1.29 is 18.8 Å². The van der Waals surface area contributed by atoms with Crippen LogP contribution in [0.25, 0.3) is 10.9 Å². The van der Waals surface area contributed by atoms with Crippen molar-refractivity contribution in [2.24, 2.45) is 5.41 Å². The summed E-state index contributed by atoms with van der Waals surface area (Å²) in [4.78, 5) is 38.2. The third kappa shape index (κ3) is 6.03. The zero-order chi connectivity index (χ0) is 25.2. The molecule has 1 atom stereocenters. The molecule has 0 spiro atoms. The van der Waals surface area contributed by atoms with Crippen LogP contribution in [-0.4, -0.2) is 46.1 Å². The lowest BCUT2D eigenvalue weighted by molar-refractivity contribution is -0.128. The lowest BCUT2D eigenvalue weighted by Crippen LogP contribution is -2.55. The summed E-state index contributed by atoms with van der Waals surface area (Å²) in [5.41, 5.74) is 1.16. The minimum Gasteiger partial charge on any atom is -0.352 e. The van der Waals surface area contributed by atoms with Crippen LogP contribution in [-0.2, 0) is 16.1 Å². The van der Waals surface area contributed by atoms with E-state index in [-0.39, 0.29) is 30.0 Å². The lowest BCUT2D eigenvalue weighted by atomic mass is 9.86. The Morgan fingerprint density at radius 1 is 1.09 bits per heavy atom. The first-order valence-electron chi connectivity index (χ1n) is 11.7. The Kier molecular flexibility index (Phi) is 6.86. The van der Waals surface area contributed by atoms with Crippen LogP contribution in [0, 0.1) is 11.2 Å². The van der Waals surface area contributed by atoms with Gasteiger partial charge in [-0.15, -0.1) is 0 Å². The van der Waals surface area contributed by atoms with Crippen molar-refractivity contribution in [1.82, 2.24) is 25.7 Å². The number of rotatable bonds is 8. The quantitative estimate of drug-likeness (QED) is 0.462. The topological polar surface area (TPSA) is 105 Å². The molecule has 4 rings (SSSR count). The number of amides is 3. The molecule has 0 bridgehead atoms. The highest BCUT2D eigenvalue weighted by Crippen LogP contribution is 2.23. The Bertz CT molecular complexity index is 1240. The zero-order valence-electron chi connectivity index (χ0n) is 20.1. The molecule has 1 saturated carbocycles. The molecule has 3 amide bonds. The van der Waals surface area contributed by atoms with Gasteiger partial charge in [-0.1, -0.05) is 51.1 Å². The predicted molar refractivity (Wildman–Crippen MR) is 130 cm³/mol. The fourth-order valence-electron chi connectivity index (χ4n) is 3.83. The van der Waals surface area contributed by atoms with Crippen LogP contribution in [0.1, 0.15) is 49.7 Å². The molecule has 3 N–H and O–H groups in total. The van der Waals surface area contributed by atoms with Gasteiger partial charge in [-0.2, -0.15) is 5.10 Å². The molecular formula is C26H30FN5O3. The van der Waals surface area contributed by atoms with Crippen molar-refractivity contribution >= 4 is 28.6 Å². The molecule has 184 valence electrons. The van der Waals surface area contributed by atoms with E-state index in [1.807, 2.05) is 39.0 Å². The van der Waals surface area contributed by atoms with Gasteiger partial charge in [-0.05, 0) is 42.0 Å². The average molecular weight is 480 g/mol. The minimum atomic E-state index is -0.885. The predicted octanol–water partition coefficient (Wildman–Crippen LogP) is 2.76. The van der Waals surface area contributed by atoms with Crippen LogP contribution < -0.4 is 16.0 Å². The SMILES string of the molecule is CC(C)(C)[C@H](NC(=O)c1nn(Cc2ccc(F)cc2)c2ccccc12)C(=O)NCC(=O)NC1CC1. The Morgan fingerprint density at radius 3 is 2.43 bits per heavy atom. The molecule has 8 nitrogen and oxygen atoms in total. The molecule has 1 heterocycles. The Labute approximate surface area is 203 Å². The van der Waals surface area contributed by atoms with Gasteiger partial charge < -0.3 is 16.0 Å². The van der Waals surface area contributed by atoms with E-state index in [4.69, 9.17) is 0 Å². The van der Waals surface area contributed by atoms with Crippen LogP contribution in [0.15, 0.2) is 48.5 Å². The van der Waals surface area contributed by atoms with Crippen molar-refractivity contribution in [3.8, 4) is 0 Å². The van der Waals surface area contributed by atoms with Crippen LogP contribution in [0.2, 0.25) is 0 Å². The fraction of sp³-hybridized carbons (Fsp3) is 0.385. The molecule has 1 aliphatic rings. The van der Waals surface area contributed by atoms with Gasteiger partial charge in [-0.25, -0.2) is 4.39 Å². The summed E-state index contributed by atoms with van der Waals surface area (Å²) in [6.07, 6.45) is 1.92. The lowest BCUT2D eigenvalue weighted by Gasteiger charge is -2.30. The van der Waals surface area contributed by atoms with Gasteiger partial charge in [0.1, 0.15) is 11.9 Å². The number of nitrogens with one attached hydrogen (secondary N) is 3. The van der Waals surface area contributed by atoms with E-state index >= 15 is 0 Å². The number of benzene rings is 2. The Morgan fingerprint density at radius 2 is 1.77 bits per heavy atom. The van der Waals surface area contributed by atoms with E-state index in [1.54, 1.807) is 22.9 Å². The van der Waals surface area contributed by atoms with Gasteiger partial charge in [0.25, 0.3) is 5.91 Å². The number of para-hydroxylation sites is 1. The second-order valence-corrected chi connectivity index (χ2v) is 9.98. The first kappa shape index (κ1) is 24.4. The molecule has 2 aromatic carbocycles. The first-order chi connectivity index (χ1) is 16.6. The normalized spacial score (nSPS) is 14.4. The molecule has 35 heavy (non-hydrogen) atoms. The fourth-order valence-corrected chi connectivity index (χ4v) is 3.83. The second-order valence-electron chi connectivity index (χ2n) is 9.98. The summed E-state index contributed by atoms with van der Waals surface area (Å²) in [6.45, 7) is 5.73. The Hall–Kier alpha value is -3.75. The number of hydrogen-bond donors (Lipinski definition) is 3. The maximum atomic E-state index is 13.3. The number of carbonyl (C=O) groups excluding carboxylic acids is 3. The highest BCUT2D eigenvalue weighted by Gasteiger charge is 2.34. The number of nitrogens with zero attached hydrogens (tertiary/aromatic N) is 2. The molecule has 1 fully saturated rings. The molecule has 0 saturated heterocycles. The van der Waals surface area contributed by atoms with Crippen molar-refractivity contribution in [3.05, 3.63) is 65.6 Å². The van der Waals surface area contributed by atoms with E-state index in [1.165, 1.54) is 12.1 Å². The van der Waals surface area contributed by atoms with Crippen molar-refractivity contribution in [3.63, 3.8) is 0 Å². The van der Waals surface area contributed by atoms with Gasteiger partial charge in [0.05, 0.1) is 18.6 Å². The summed E-state index contributed by atoms with van der Waals surface area (Å²) in [7, 11) is 0. The number of carbonyl (C=O) groups is 3. The second kappa shape index (κ2) is 9.85. The largest absolute Gasteiger partial charge is 0.352 e. The number of fused-ring (bicyclic) bond motifs is 1. The molecular weight excluding hydrogens is 449 g/mol.